The molecule has 4 nitrogen and oxygen atoms in total. The zero-order valence-corrected chi connectivity index (χ0v) is 5.94. The van der Waals surface area contributed by atoms with E-state index in [0.29, 0.717) is 10.7 Å². The second kappa shape index (κ2) is 2.18. The molecule has 1 aromatic rings. The largest absolute Gasteiger partial charge is 0.397 e. The fourth-order valence-electron chi connectivity index (χ4n) is 0.651. The number of hydrogen-bond acceptors (Lipinski definition) is 4. The molecule has 0 aliphatic heterocycles. The predicted octanol–water partition coefficient (Wildman–Crippen LogP) is 0.0114. The van der Waals surface area contributed by atoms with Crippen molar-refractivity contribution in [2.24, 2.45) is 5.73 Å². The lowest BCUT2D eigenvalue weighted by molar-refractivity contribution is 0.100. The maximum Gasteiger partial charge on any atom is 0.253 e. The zero-order chi connectivity index (χ0) is 7.72. The molecule has 6 N–H and O–H groups in total. The Morgan fingerprint density at radius 3 is 2.30 bits per heavy atom. The van der Waals surface area contributed by atoms with Gasteiger partial charge in [-0.25, -0.2) is 0 Å². The number of carbonyl (C=O) groups is 1. The van der Waals surface area contributed by atoms with Gasteiger partial charge >= 0.3 is 0 Å². The Kier molecular flexibility index (Phi) is 1.50. The second-order valence-electron chi connectivity index (χ2n) is 1.79. The average Bonchev–Trinajstić information content (AvgIpc) is 2.11. The summed E-state index contributed by atoms with van der Waals surface area (Å²) >= 11 is 1.21. The van der Waals surface area contributed by atoms with Gasteiger partial charge in [0.2, 0.25) is 0 Å². The van der Waals surface area contributed by atoms with Crippen LogP contribution in [0.4, 0.5) is 10.7 Å². The van der Waals surface area contributed by atoms with Crippen LogP contribution in [-0.4, -0.2) is 5.91 Å². The van der Waals surface area contributed by atoms with E-state index in [9.17, 15) is 4.79 Å². The molecule has 1 rings (SSSR count). The van der Waals surface area contributed by atoms with E-state index in [4.69, 9.17) is 17.2 Å². The highest BCUT2D eigenvalue weighted by atomic mass is 32.1. The first-order valence-electron chi connectivity index (χ1n) is 2.55. The Hall–Kier alpha value is -1.23. The Labute approximate surface area is 61.6 Å². The molecule has 0 aromatic carbocycles. The smallest absolute Gasteiger partial charge is 0.253 e. The maximum atomic E-state index is 10.6. The van der Waals surface area contributed by atoms with Gasteiger partial charge in [0, 0.05) is 5.38 Å². The van der Waals surface area contributed by atoms with Gasteiger partial charge in [0.05, 0.1) is 11.3 Å². The number of thiophene rings is 1. The molecule has 5 heteroatoms. The number of rotatable bonds is 1. The quantitative estimate of drug-likeness (QED) is 0.536. The van der Waals surface area contributed by atoms with Crippen LogP contribution in [0.5, 0.6) is 0 Å². The van der Waals surface area contributed by atoms with Crippen molar-refractivity contribution in [3.8, 4) is 0 Å². The number of nitrogen functional groups attached to an aromatic ring is 2. The van der Waals surface area contributed by atoms with Crippen LogP contribution in [0.25, 0.3) is 0 Å². The van der Waals surface area contributed by atoms with E-state index in [1.165, 1.54) is 11.3 Å². The summed E-state index contributed by atoms with van der Waals surface area (Å²) in [4.78, 5) is 10.6. The van der Waals surface area contributed by atoms with Crippen molar-refractivity contribution in [2.45, 2.75) is 0 Å². The SMILES string of the molecule is NC(=O)c1c(N)csc1N. The number of amides is 1. The minimum absolute atomic E-state index is 0.241. The molecule has 10 heavy (non-hydrogen) atoms. The van der Waals surface area contributed by atoms with E-state index in [2.05, 4.69) is 0 Å². The monoisotopic (exact) mass is 157 g/mol. The molecule has 0 fully saturated rings. The summed E-state index contributed by atoms with van der Waals surface area (Å²) in [5.41, 5.74) is 16.3. The molecule has 1 aromatic heterocycles. The standard InChI is InChI=1S/C5H7N3OS/c6-2-1-10-5(8)3(2)4(7)9/h1H,6,8H2,(H2,7,9). The first kappa shape index (κ1) is 6.88. The van der Waals surface area contributed by atoms with Gasteiger partial charge in [0.1, 0.15) is 5.00 Å². The van der Waals surface area contributed by atoms with Crippen molar-refractivity contribution in [2.75, 3.05) is 11.5 Å². The Balaban J connectivity index is 3.23. The summed E-state index contributed by atoms with van der Waals surface area (Å²) in [5, 5.41) is 1.97. The molecule has 0 aliphatic carbocycles. The Morgan fingerprint density at radius 2 is 2.10 bits per heavy atom. The Bertz CT molecular complexity index is 248. The van der Waals surface area contributed by atoms with Crippen LogP contribution in [0.3, 0.4) is 0 Å². The summed E-state index contributed by atoms with van der Waals surface area (Å²) in [6.45, 7) is 0. The van der Waals surface area contributed by atoms with Crippen molar-refractivity contribution in [3.05, 3.63) is 10.9 Å². The molecule has 0 spiro atoms. The van der Waals surface area contributed by atoms with Crippen molar-refractivity contribution < 1.29 is 4.79 Å². The van der Waals surface area contributed by atoms with Crippen LogP contribution < -0.4 is 17.2 Å². The van der Waals surface area contributed by atoms with Crippen LogP contribution in [0.15, 0.2) is 5.38 Å². The fraction of sp³-hybridized carbons (Fsp3) is 0. The van der Waals surface area contributed by atoms with Crippen molar-refractivity contribution >= 4 is 27.9 Å². The highest BCUT2D eigenvalue weighted by Gasteiger charge is 2.10. The fourth-order valence-corrected chi connectivity index (χ4v) is 1.36. The third-order valence-corrected chi connectivity index (χ3v) is 1.92. The Morgan fingerprint density at radius 1 is 1.50 bits per heavy atom. The number of anilines is 2. The van der Waals surface area contributed by atoms with E-state index >= 15 is 0 Å². The minimum atomic E-state index is -0.573. The maximum absolute atomic E-state index is 10.6. The molecule has 0 unspecified atom stereocenters. The van der Waals surface area contributed by atoms with E-state index < -0.39 is 5.91 Å². The average molecular weight is 157 g/mol. The van der Waals surface area contributed by atoms with Gasteiger partial charge in [0.25, 0.3) is 5.91 Å². The third-order valence-electron chi connectivity index (χ3n) is 1.09. The van der Waals surface area contributed by atoms with E-state index in [1.807, 2.05) is 0 Å². The van der Waals surface area contributed by atoms with Gasteiger partial charge in [0.15, 0.2) is 0 Å². The summed E-state index contributed by atoms with van der Waals surface area (Å²) in [5.74, 6) is -0.573. The summed E-state index contributed by atoms with van der Waals surface area (Å²) in [6, 6.07) is 0. The van der Waals surface area contributed by atoms with Gasteiger partial charge in [-0.15, -0.1) is 11.3 Å². The molecular formula is C5H7N3OS. The molecule has 0 atom stereocenters. The summed E-state index contributed by atoms with van der Waals surface area (Å²) < 4.78 is 0. The van der Waals surface area contributed by atoms with E-state index in [1.54, 1.807) is 5.38 Å². The molecule has 1 amide bonds. The van der Waals surface area contributed by atoms with Gasteiger partial charge in [-0.3, -0.25) is 4.79 Å². The van der Waals surface area contributed by atoms with Crippen molar-refractivity contribution in [1.29, 1.82) is 0 Å². The van der Waals surface area contributed by atoms with Gasteiger partial charge < -0.3 is 17.2 Å². The minimum Gasteiger partial charge on any atom is -0.397 e. The number of carbonyl (C=O) groups excluding carboxylic acids is 1. The first-order chi connectivity index (χ1) is 4.63. The van der Waals surface area contributed by atoms with Crippen LogP contribution >= 0.6 is 11.3 Å². The zero-order valence-electron chi connectivity index (χ0n) is 5.13. The lowest BCUT2D eigenvalue weighted by atomic mass is 10.3. The molecule has 0 radical (unpaired) electrons. The highest BCUT2D eigenvalue weighted by molar-refractivity contribution is 7.15. The normalized spacial score (nSPS) is 9.60. The van der Waals surface area contributed by atoms with Gasteiger partial charge in [-0.05, 0) is 0 Å². The van der Waals surface area contributed by atoms with Crippen LogP contribution in [0.2, 0.25) is 0 Å². The summed E-state index contributed by atoms with van der Waals surface area (Å²) in [6.07, 6.45) is 0. The van der Waals surface area contributed by atoms with Crippen LogP contribution in [-0.2, 0) is 0 Å². The third kappa shape index (κ3) is 0.906. The first-order valence-corrected chi connectivity index (χ1v) is 3.43. The molecule has 1 heterocycles. The second-order valence-corrected chi connectivity index (χ2v) is 2.71. The van der Waals surface area contributed by atoms with Crippen LogP contribution in [0, 0.1) is 0 Å². The molecule has 0 bridgehead atoms. The number of nitrogens with two attached hydrogens (primary N) is 3. The molecule has 0 saturated carbocycles. The van der Waals surface area contributed by atoms with E-state index in [0.717, 1.165) is 0 Å². The van der Waals surface area contributed by atoms with Crippen molar-refractivity contribution in [1.82, 2.24) is 0 Å². The number of hydrogen-bond donors (Lipinski definition) is 3. The van der Waals surface area contributed by atoms with Crippen LogP contribution in [0.1, 0.15) is 10.4 Å². The topological polar surface area (TPSA) is 95.1 Å². The highest BCUT2D eigenvalue weighted by Crippen LogP contribution is 2.25. The van der Waals surface area contributed by atoms with Gasteiger partial charge in [-0.1, -0.05) is 0 Å². The predicted molar refractivity (Wildman–Crippen MR) is 41.7 cm³/mol. The lowest BCUT2D eigenvalue weighted by Gasteiger charge is -1.92. The molecule has 0 aliphatic rings. The van der Waals surface area contributed by atoms with E-state index in [-0.39, 0.29) is 5.56 Å². The molecular weight excluding hydrogens is 150 g/mol. The van der Waals surface area contributed by atoms with Crippen molar-refractivity contribution in [3.63, 3.8) is 0 Å². The number of primary amides is 1. The summed E-state index contributed by atoms with van der Waals surface area (Å²) in [7, 11) is 0. The molecule has 0 saturated heterocycles. The molecule has 54 valence electrons. The lowest BCUT2D eigenvalue weighted by Crippen LogP contribution is -2.13. The van der Waals surface area contributed by atoms with Gasteiger partial charge in [-0.2, -0.15) is 0 Å².